The number of amides is 2. The Kier molecular flexibility index (Phi) is 5.81. The highest BCUT2D eigenvalue weighted by atomic mass is 35.5. The van der Waals surface area contributed by atoms with Crippen LogP contribution in [0.4, 0.5) is 10.5 Å². The molecule has 0 saturated heterocycles. The van der Waals surface area contributed by atoms with Crippen molar-refractivity contribution in [1.82, 2.24) is 4.90 Å². The Labute approximate surface area is 181 Å². The first-order chi connectivity index (χ1) is 14.6. The molecule has 6 heteroatoms. The lowest BCUT2D eigenvalue weighted by Crippen LogP contribution is -2.43. The predicted octanol–water partition coefficient (Wildman–Crippen LogP) is 5.54. The highest BCUT2D eigenvalue weighted by molar-refractivity contribution is 6.31. The van der Waals surface area contributed by atoms with Crippen LogP contribution >= 0.6 is 11.6 Å². The van der Waals surface area contributed by atoms with Crippen LogP contribution in [0.15, 0.2) is 66.7 Å². The Balaban J connectivity index is 1.70. The number of ether oxygens (including phenoxy) is 2. The van der Waals surface area contributed by atoms with E-state index in [0.29, 0.717) is 28.8 Å². The summed E-state index contributed by atoms with van der Waals surface area (Å²) < 4.78 is 10.6. The number of hydrogen-bond acceptors (Lipinski definition) is 3. The second-order valence-corrected chi connectivity index (χ2v) is 7.50. The van der Waals surface area contributed by atoms with Crippen LogP contribution in [0, 0.1) is 0 Å². The Morgan fingerprint density at radius 1 is 0.967 bits per heavy atom. The summed E-state index contributed by atoms with van der Waals surface area (Å²) in [4.78, 5) is 15.2. The number of rotatable bonds is 4. The predicted molar refractivity (Wildman–Crippen MR) is 119 cm³/mol. The zero-order valence-corrected chi connectivity index (χ0v) is 17.6. The Bertz CT molecular complexity index is 1050. The topological polar surface area (TPSA) is 50.8 Å². The molecule has 3 aromatic carbocycles. The Morgan fingerprint density at radius 3 is 2.27 bits per heavy atom. The average Bonchev–Trinajstić information content (AvgIpc) is 2.78. The van der Waals surface area contributed by atoms with Gasteiger partial charge < -0.3 is 19.7 Å². The largest absolute Gasteiger partial charge is 0.497 e. The first-order valence-corrected chi connectivity index (χ1v) is 10.1. The highest BCUT2D eigenvalue weighted by Gasteiger charge is 2.33. The van der Waals surface area contributed by atoms with Gasteiger partial charge in [0.05, 0.1) is 20.3 Å². The second-order valence-electron chi connectivity index (χ2n) is 7.10. The molecule has 3 aromatic rings. The number of methoxy groups -OCH3 is 2. The summed E-state index contributed by atoms with van der Waals surface area (Å²) >= 11 is 6.54. The molecule has 1 heterocycles. The molecule has 1 N–H and O–H groups in total. The lowest BCUT2D eigenvalue weighted by molar-refractivity contribution is 0.194. The van der Waals surface area contributed by atoms with E-state index in [0.717, 1.165) is 17.5 Å². The molecule has 0 aliphatic carbocycles. The Hall–Kier alpha value is -3.18. The van der Waals surface area contributed by atoms with Crippen LogP contribution in [0.25, 0.3) is 0 Å². The van der Waals surface area contributed by atoms with Gasteiger partial charge in [-0.05, 0) is 29.2 Å². The molecule has 30 heavy (non-hydrogen) atoms. The maximum atomic E-state index is 13.4. The van der Waals surface area contributed by atoms with Crippen LogP contribution in [0.3, 0.4) is 0 Å². The average molecular weight is 423 g/mol. The minimum Gasteiger partial charge on any atom is -0.497 e. The van der Waals surface area contributed by atoms with Gasteiger partial charge in [-0.25, -0.2) is 4.79 Å². The van der Waals surface area contributed by atoms with Crippen LogP contribution < -0.4 is 14.8 Å². The van der Waals surface area contributed by atoms with Gasteiger partial charge in [0.25, 0.3) is 0 Å². The van der Waals surface area contributed by atoms with Gasteiger partial charge >= 0.3 is 6.03 Å². The summed E-state index contributed by atoms with van der Waals surface area (Å²) in [6.07, 6.45) is 0.784. The van der Waals surface area contributed by atoms with Gasteiger partial charge in [-0.1, -0.05) is 54.1 Å². The number of urea groups is 1. The molecule has 0 fully saturated rings. The number of anilines is 1. The first-order valence-electron chi connectivity index (χ1n) is 9.73. The third-order valence-corrected chi connectivity index (χ3v) is 5.69. The zero-order chi connectivity index (χ0) is 21.1. The standard InChI is InChI=1S/C24H23ClN2O3/c1-29-18-13-17(14-19(15-18)30-2)26-24(28)27-12-11-16-7-3-4-8-20(16)23(27)21-9-5-6-10-22(21)25/h3-10,13-15,23H,11-12H2,1-2H3,(H,26,28)/t23-/m1/s1. The van der Waals surface area contributed by atoms with Crippen LogP contribution in [-0.4, -0.2) is 31.7 Å². The number of fused-ring (bicyclic) bond motifs is 1. The summed E-state index contributed by atoms with van der Waals surface area (Å²) in [5, 5.41) is 3.63. The normalized spacial score (nSPS) is 15.3. The number of halogens is 1. The molecule has 0 bridgehead atoms. The molecule has 0 spiro atoms. The summed E-state index contributed by atoms with van der Waals surface area (Å²) in [7, 11) is 3.16. The van der Waals surface area contributed by atoms with Crippen molar-refractivity contribution in [2.75, 3.05) is 26.1 Å². The van der Waals surface area contributed by atoms with Crippen LogP contribution in [0.1, 0.15) is 22.7 Å². The third kappa shape index (κ3) is 3.94. The third-order valence-electron chi connectivity index (χ3n) is 5.35. The monoisotopic (exact) mass is 422 g/mol. The molecule has 1 atom stereocenters. The van der Waals surface area contributed by atoms with E-state index < -0.39 is 0 Å². The molecule has 0 aromatic heterocycles. The fourth-order valence-corrected chi connectivity index (χ4v) is 4.13. The number of carbonyl (C=O) groups is 1. The maximum Gasteiger partial charge on any atom is 0.322 e. The van der Waals surface area contributed by atoms with E-state index in [1.807, 2.05) is 41.3 Å². The van der Waals surface area contributed by atoms with E-state index in [1.54, 1.807) is 32.4 Å². The summed E-state index contributed by atoms with van der Waals surface area (Å²) in [6, 6.07) is 20.7. The Morgan fingerprint density at radius 2 is 1.60 bits per heavy atom. The summed E-state index contributed by atoms with van der Waals surface area (Å²) in [6.45, 7) is 0.583. The molecule has 0 unspecified atom stereocenters. The van der Waals surface area contributed by atoms with Crippen molar-refractivity contribution in [1.29, 1.82) is 0 Å². The highest BCUT2D eigenvalue weighted by Crippen LogP contribution is 2.38. The van der Waals surface area contributed by atoms with Crippen LogP contribution in [0.2, 0.25) is 5.02 Å². The van der Waals surface area contributed by atoms with Crippen molar-refractivity contribution in [2.45, 2.75) is 12.5 Å². The second kappa shape index (κ2) is 8.67. The molecule has 2 amide bonds. The van der Waals surface area contributed by atoms with Crippen molar-refractivity contribution in [3.8, 4) is 11.5 Å². The van der Waals surface area contributed by atoms with Gasteiger partial charge in [0.15, 0.2) is 0 Å². The molecule has 1 aliphatic rings. The van der Waals surface area contributed by atoms with Gasteiger partial charge in [-0.2, -0.15) is 0 Å². The van der Waals surface area contributed by atoms with E-state index in [1.165, 1.54) is 5.56 Å². The molecule has 4 rings (SSSR count). The molecule has 154 valence electrons. The molecule has 5 nitrogen and oxygen atoms in total. The minimum atomic E-state index is -0.267. The SMILES string of the molecule is COc1cc(NC(=O)N2CCc3ccccc3[C@@H]2c2ccccc2Cl)cc(OC)c1. The molecule has 0 saturated carbocycles. The quantitative estimate of drug-likeness (QED) is 0.600. The lowest BCUT2D eigenvalue weighted by atomic mass is 9.88. The number of nitrogens with one attached hydrogen (secondary N) is 1. The van der Waals surface area contributed by atoms with E-state index in [-0.39, 0.29) is 12.1 Å². The van der Waals surface area contributed by atoms with Gasteiger partial charge in [-0.3, -0.25) is 0 Å². The van der Waals surface area contributed by atoms with Crippen LogP contribution in [0.5, 0.6) is 11.5 Å². The van der Waals surface area contributed by atoms with E-state index in [4.69, 9.17) is 21.1 Å². The summed E-state index contributed by atoms with van der Waals surface area (Å²) in [5.74, 6) is 1.22. The van der Waals surface area contributed by atoms with Gasteiger partial charge in [0, 0.05) is 35.5 Å². The summed E-state index contributed by atoms with van der Waals surface area (Å²) in [5.41, 5.74) is 3.84. The van der Waals surface area contributed by atoms with Gasteiger partial charge in [0.1, 0.15) is 11.5 Å². The van der Waals surface area contributed by atoms with E-state index in [2.05, 4.69) is 17.4 Å². The minimum absolute atomic E-state index is 0.204. The molecule has 1 aliphatic heterocycles. The number of carbonyl (C=O) groups excluding carboxylic acids is 1. The first kappa shape index (κ1) is 20.1. The van der Waals surface area contributed by atoms with Crippen molar-refractivity contribution >= 4 is 23.3 Å². The zero-order valence-electron chi connectivity index (χ0n) is 16.9. The fraction of sp³-hybridized carbons (Fsp3) is 0.208. The number of nitrogens with zero attached hydrogens (tertiary/aromatic N) is 1. The van der Waals surface area contributed by atoms with Crippen molar-refractivity contribution in [3.05, 3.63) is 88.4 Å². The molecule has 0 radical (unpaired) electrons. The van der Waals surface area contributed by atoms with Gasteiger partial charge in [-0.15, -0.1) is 0 Å². The molecular formula is C24H23ClN2O3. The molecular weight excluding hydrogens is 400 g/mol. The smallest absolute Gasteiger partial charge is 0.322 e. The van der Waals surface area contributed by atoms with Crippen LogP contribution in [-0.2, 0) is 6.42 Å². The van der Waals surface area contributed by atoms with E-state index >= 15 is 0 Å². The van der Waals surface area contributed by atoms with Gasteiger partial charge in [0.2, 0.25) is 0 Å². The number of benzene rings is 3. The van der Waals surface area contributed by atoms with E-state index in [9.17, 15) is 4.79 Å². The van der Waals surface area contributed by atoms with Crippen molar-refractivity contribution < 1.29 is 14.3 Å². The van der Waals surface area contributed by atoms with Crippen molar-refractivity contribution in [3.63, 3.8) is 0 Å². The lowest BCUT2D eigenvalue weighted by Gasteiger charge is -2.38. The maximum absolute atomic E-state index is 13.4. The fourth-order valence-electron chi connectivity index (χ4n) is 3.89. The van der Waals surface area contributed by atoms with Crippen molar-refractivity contribution in [2.24, 2.45) is 0 Å². The number of hydrogen-bond donors (Lipinski definition) is 1.